The van der Waals surface area contributed by atoms with Gasteiger partial charge in [0.25, 0.3) is 5.56 Å². The Morgan fingerprint density at radius 2 is 1.53 bits per heavy atom. The van der Waals surface area contributed by atoms with Crippen molar-refractivity contribution in [3.63, 3.8) is 0 Å². The summed E-state index contributed by atoms with van der Waals surface area (Å²) in [4.78, 5) is 22.1. The molecule has 0 saturated heterocycles. The molecular weight excluding hydrogens is 458 g/mol. The molecular formula is C28H21N3OS2. The Hall–Kier alpha value is -3.61. The summed E-state index contributed by atoms with van der Waals surface area (Å²) < 4.78 is 2.40. The fourth-order valence-corrected chi connectivity index (χ4v) is 6.50. The third kappa shape index (κ3) is 3.47. The second kappa shape index (κ2) is 8.63. The summed E-state index contributed by atoms with van der Waals surface area (Å²) in [6.07, 6.45) is 4.01. The molecule has 0 N–H and O–H groups in total. The number of hydrogen-bond donors (Lipinski definition) is 0. The lowest BCUT2D eigenvalue weighted by Crippen LogP contribution is -2.22. The van der Waals surface area contributed by atoms with Crippen molar-refractivity contribution >= 4 is 55.8 Å². The third-order valence-corrected chi connectivity index (χ3v) is 8.07. The zero-order chi connectivity index (χ0) is 23.1. The van der Waals surface area contributed by atoms with E-state index in [2.05, 4.69) is 71.4 Å². The van der Waals surface area contributed by atoms with Crippen LogP contribution in [0.3, 0.4) is 0 Å². The molecule has 166 valence electrons. The number of thiazole rings is 1. The Bertz CT molecular complexity index is 1680. The molecule has 0 atom stereocenters. The quantitative estimate of drug-likeness (QED) is 0.324. The van der Waals surface area contributed by atoms with E-state index in [4.69, 9.17) is 0 Å². The number of aromatic nitrogens is 2. The van der Waals surface area contributed by atoms with Gasteiger partial charge in [0.2, 0.25) is 0 Å². The van der Waals surface area contributed by atoms with E-state index in [1.165, 1.54) is 33.1 Å². The SMILES string of the molecule is CCN1C(c2ccccc2)=C(c2ccccc2)S/C1=C/C=c1/sc2nc3ccccc3n2c1=O. The van der Waals surface area contributed by atoms with Crippen LogP contribution in [-0.2, 0) is 0 Å². The predicted octanol–water partition coefficient (Wildman–Crippen LogP) is 5.84. The highest BCUT2D eigenvalue weighted by molar-refractivity contribution is 8.12. The Morgan fingerprint density at radius 3 is 2.26 bits per heavy atom. The maximum Gasteiger partial charge on any atom is 0.274 e. The highest BCUT2D eigenvalue weighted by Crippen LogP contribution is 2.50. The van der Waals surface area contributed by atoms with Gasteiger partial charge in [-0.25, -0.2) is 9.38 Å². The Labute approximate surface area is 205 Å². The van der Waals surface area contributed by atoms with Crippen LogP contribution in [0.2, 0.25) is 0 Å². The van der Waals surface area contributed by atoms with Crippen molar-refractivity contribution in [1.82, 2.24) is 14.3 Å². The molecule has 0 unspecified atom stereocenters. The van der Waals surface area contributed by atoms with Crippen LogP contribution in [0.5, 0.6) is 0 Å². The molecule has 4 nitrogen and oxygen atoms in total. The van der Waals surface area contributed by atoms with Gasteiger partial charge in [-0.1, -0.05) is 95.9 Å². The van der Waals surface area contributed by atoms with Crippen LogP contribution >= 0.6 is 23.1 Å². The molecule has 6 rings (SSSR count). The molecule has 2 aromatic heterocycles. The van der Waals surface area contributed by atoms with E-state index in [1.54, 1.807) is 16.2 Å². The molecule has 5 aromatic rings. The van der Waals surface area contributed by atoms with Gasteiger partial charge in [-0.2, -0.15) is 0 Å². The van der Waals surface area contributed by atoms with Crippen molar-refractivity contribution in [3.05, 3.63) is 122 Å². The van der Waals surface area contributed by atoms with Crippen LogP contribution in [0.15, 0.2) is 101 Å². The average Bonchev–Trinajstić information content (AvgIpc) is 3.54. The molecule has 3 aromatic carbocycles. The number of benzene rings is 3. The van der Waals surface area contributed by atoms with Gasteiger partial charge in [0, 0.05) is 11.4 Å². The van der Waals surface area contributed by atoms with Gasteiger partial charge in [0.15, 0.2) is 4.96 Å². The minimum Gasteiger partial charge on any atom is -0.335 e. The summed E-state index contributed by atoms with van der Waals surface area (Å²) >= 11 is 3.19. The second-order valence-electron chi connectivity index (χ2n) is 7.92. The highest BCUT2D eigenvalue weighted by Gasteiger charge is 2.28. The zero-order valence-electron chi connectivity index (χ0n) is 18.5. The molecule has 0 fully saturated rings. The molecule has 1 aliphatic rings. The van der Waals surface area contributed by atoms with Crippen molar-refractivity contribution < 1.29 is 0 Å². The minimum atomic E-state index is -0.0175. The first-order valence-electron chi connectivity index (χ1n) is 11.2. The maximum absolute atomic E-state index is 13.2. The number of para-hydroxylation sites is 2. The van der Waals surface area contributed by atoms with E-state index in [-0.39, 0.29) is 5.56 Å². The van der Waals surface area contributed by atoms with Crippen LogP contribution in [0, 0.1) is 0 Å². The lowest BCUT2D eigenvalue weighted by atomic mass is 10.1. The Kier molecular flexibility index (Phi) is 5.32. The van der Waals surface area contributed by atoms with Crippen molar-refractivity contribution in [3.8, 4) is 0 Å². The van der Waals surface area contributed by atoms with Gasteiger partial charge in [-0.05, 0) is 42.3 Å². The maximum atomic E-state index is 13.2. The fraction of sp³-hybridized carbons (Fsp3) is 0.0714. The molecule has 3 heterocycles. The van der Waals surface area contributed by atoms with E-state index >= 15 is 0 Å². The first-order chi connectivity index (χ1) is 16.7. The molecule has 0 amide bonds. The van der Waals surface area contributed by atoms with E-state index in [0.717, 1.165) is 27.6 Å². The molecule has 0 bridgehead atoms. The summed E-state index contributed by atoms with van der Waals surface area (Å²) in [5.41, 5.74) is 5.27. The van der Waals surface area contributed by atoms with Crippen LogP contribution in [0.1, 0.15) is 18.1 Å². The van der Waals surface area contributed by atoms with Crippen LogP contribution in [0.4, 0.5) is 0 Å². The van der Waals surface area contributed by atoms with Gasteiger partial charge in [0.1, 0.15) is 0 Å². The number of rotatable bonds is 4. The van der Waals surface area contributed by atoms with Crippen molar-refractivity contribution in [2.24, 2.45) is 0 Å². The zero-order valence-corrected chi connectivity index (χ0v) is 20.1. The highest BCUT2D eigenvalue weighted by atomic mass is 32.2. The summed E-state index contributed by atoms with van der Waals surface area (Å²) in [6.45, 7) is 2.99. The largest absolute Gasteiger partial charge is 0.335 e. The molecule has 1 aliphatic heterocycles. The van der Waals surface area contributed by atoms with Crippen molar-refractivity contribution in [1.29, 1.82) is 0 Å². The van der Waals surface area contributed by atoms with Gasteiger partial charge in [-0.3, -0.25) is 4.79 Å². The van der Waals surface area contributed by atoms with E-state index in [0.29, 0.717) is 4.53 Å². The molecule has 0 spiro atoms. The Morgan fingerprint density at radius 1 is 0.853 bits per heavy atom. The van der Waals surface area contributed by atoms with Crippen LogP contribution < -0.4 is 10.1 Å². The number of nitrogens with zero attached hydrogens (tertiary/aromatic N) is 3. The monoisotopic (exact) mass is 479 g/mol. The number of fused-ring (bicyclic) bond motifs is 3. The molecule has 0 saturated carbocycles. The first kappa shape index (κ1) is 21.0. The summed E-state index contributed by atoms with van der Waals surface area (Å²) in [7, 11) is 0. The minimum absolute atomic E-state index is 0.0175. The summed E-state index contributed by atoms with van der Waals surface area (Å²) in [6, 6.07) is 28.8. The standard InChI is InChI=1S/C28H21N3OS2/c1-2-30-24(18-17-23-27(32)31-22-16-10-9-15-21(22)29-28(31)33-23)34-26(20-13-7-4-8-14-20)25(30)19-11-5-3-6-12-19/h3-18H,2H2,1H3/b23-17+,24-18+. The lowest BCUT2D eigenvalue weighted by Gasteiger charge is -2.21. The number of hydrogen-bond acceptors (Lipinski definition) is 5. The molecule has 0 aliphatic carbocycles. The smallest absolute Gasteiger partial charge is 0.274 e. The normalized spacial score (nSPS) is 16.0. The number of thioether (sulfide) groups is 1. The average molecular weight is 480 g/mol. The summed E-state index contributed by atoms with van der Waals surface area (Å²) in [5.74, 6) is 0. The topological polar surface area (TPSA) is 37.6 Å². The van der Waals surface area contributed by atoms with E-state index < -0.39 is 0 Å². The van der Waals surface area contributed by atoms with Crippen molar-refractivity contribution in [2.45, 2.75) is 6.92 Å². The van der Waals surface area contributed by atoms with Gasteiger partial charge < -0.3 is 4.90 Å². The van der Waals surface area contributed by atoms with Gasteiger partial charge >= 0.3 is 0 Å². The fourth-order valence-electron chi connectivity index (χ4n) is 4.32. The molecule has 34 heavy (non-hydrogen) atoms. The van der Waals surface area contributed by atoms with Crippen LogP contribution in [0.25, 0.3) is 32.7 Å². The predicted molar refractivity (Wildman–Crippen MR) is 144 cm³/mol. The number of imidazole rings is 1. The van der Waals surface area contributed by atoms with Crippen LogP contribution in [-0.4, -0.2) is 20.8 Å². The van der Waals surface area contributed by atoms with E-state index in [1.807, 2.05) is 42.5 Å². The van der Waals surface area contributed by atoms with Gasteiger partial charge in [0.05, 0.1) is 26.3 Å². The first-order valence-corrected chi connectivity index (χ1v) is 12.8. The summed E-state index contributed by atoms with van der Waals surface area (Å²) in [5, 5.41) is 1.11. The lowest BCUT2D eigenvalue weighted by molar-refractivity contribution is 0.557. The molecule has 6 heteroatoms. The Balaban J connectivity index is 1.47. The third-order valence-electron chi connectivity index (χ3n) is 5.88. The molecule has 0 radical (unpaired) electrons. The van der Waals surface area contributed by atoms with Crippen molar-refractivity contribution in [2.75, 3.05) is 6.54 Å². The number of allylic oxidation sites excluding steroid dienone is 1. The van der Waals surface area contributed by atoms with Gasteiger partial charge in [-0.15, -0.1) is 0 Å². The van der Waals surface area contributed by atoms with E-state index in [9.17, 15) is 4.79 Å². The second-order valence-corrected chi connectivity index (χ2v) is 9.96.